The normalized spacial score (nSPS) is 17.6. The topological polar surface area (TPSA) is 26.3 Å². The summed E-state index contributed by atoms with van der Waals surface area (Å²) in [5, 5.41) is 0. The van der Waals surface area contributed by atoms with Gasteiger partial charge in [0.05, 0.1) is 0 Å². The molecule has 0 heterocycles. The zero-order valence-corrected chi connectivity index (χ0v) is 24.0. The van der Waals surface area contributed by atoms with Gasteiger partial charge in [-0.25, -0.2) is 9.18 Å². The summed E-state index contributed by atoms with van der Waals surface area (Å²) in [7, 11) is 0. The quantitative estimate of drug-likeness (QED) is 0.0986. The fourth-order valence-corrected chi connectivity index (χ4v) is 3.24. The minimum atomic E-state index is -10.3. The number of carbonyl (C=O) groups is 1. The van der Waals surface area contributed by atoms with E-state index < -0.39 is 107 Å². The molecular formula is C20H5F33O2. The highest BCUT2D eigenvalue weighted by molar-refractivity contribution is 5.87. The summed E-state index contributed by atoms with van der Waals surface area (Å²) in [4.78, 5) is 11.3. The average Bonchev–Trinajstić information content (AvgIpc) is 2.93. The van der Waals surface area contributed by atoms with Gasteiger partial charge in [0.25, 0.3) is 0 Å². The maximum Gasteiger partial charge on any atom is 0.460 e. The Kier molecular flexibility index (Phi) is 12.0. The van der Waals surface area contributed by atoms with Crippen LogP contribution in [0.15, 0.2) is 12.2 Å². The van der Waals surface area contributed by atoms with E-state index in [0.29, 0.717) is 0 Å². The molecule has 35 heteroatoms. The smallest absolute Gasteiger partial charge is 0.413 e. The molecule has 1 unspecified atom stereocenters. The summed E-state index contributed by atoms with van der Waals surface area (Å²) in [5.41, 5.74) is -11.7. The van der Waals surface area contributed by atoms with Crippen LogP contribution in [0.25, 0.3) is 0 Å². The molecule has 0 aliphatic rings. The molecule has 0 spiro atoms. The lowest BCUT2D eigenvalue weighted by Gasteiger charge is -2.48. The Hall–Kier alpha value is -3.10. The second-order valence-electron chi connectivity index (χ2n) is 10.2. The Morgan fingerprint density at radius 1 is 0.327 bits per heavy atom. The third kappa shape index (κ3) is 6.13. The van der Waals surface area contributed by atoms with E-state index in [1.54, 1.807) is 4.74 Å². The van der Waals surface area contributed by atoms with Gasteiger partial charge in [-0.2, -0.15) is 140 Å². The number of ether oxygens (including phenoxy) is 1. The van der Waals surface area contributed by atoms with E-state index in [-0.39, 0.29) is 6.92 Å². The van der Waals surface area contributed by atoms with Crippen molar-refractivity contribution in [1.82, 2.24) is 0 Å². The molecule has 0 aliphatic heterocycles. The first-order valence-electron chi connectivity index (χ1n) is 11.7. The van der Waals surface area contributed by atoms with Crippen LogP contribution in [0.4, 0.5) is 145 Å². The number of rotatable bonds is 14. The lowest BCUT2D eigenvalue weighted by Crippen LogP contribution is -2.82. The van der Waals surface area contributed by atoms with E-state index in [1.807, 2.05) is 6.58 Å². The second kappa shape index (κ2) is 12.7. The van der Waals surface area contributed by atoms with E-state index in [2.05, 4.69) is 0 Å². The van der Waals surface area contributed by atoms with Crippen LogP contribution >= 0.6 is 0 Å². The number of alkyl halides is 33. The third-order valence-electron chi connectivity index (χ3n) is 6.51. The Balaban J connectivity index is 8.31. The van der Waals surface area contributed by atoms with Crippen molar-refractivity contribution in [3.63, 3.8) is 0 Å². The first-order chi connectivity index (χ1) is 23.1. The first kappa shape index (κ1) is 51.9. The fourth-order valence-electron chi connectivity index (χ4n) is 3.24. The van der Waals surface area contributed by atoms with Crippen LogP contribution < -0.4 is 0 Å². The summed E-state index contributed by atoms with van der Waals surface area (Å²) in [6, 6.07) is 0. The molecule has 1 atom stereocenters. The highest BCUT2D eigenvalue weighted by Gasteiger charge is 3.03. The molecule has 0 N–H and O–H groups in total. The molecule has 328 valence electrons. The van der Waals surface area contributed by atoms with Crippen LogP contribution in [0.1, 0.15) is 6.92 Å². The molecule has 0 bridgehead atoms. The fraction of sp³-hybridized carbons (Fsp3) is 0.850. The van der Waals surface area contributed by atoms with E-state index in [4.69, 9.17) is 0 Å². The van der Waals surface area contributed by atoms with Gasteiger partial charge < -0.3 is 4.74 Å². The average molecular weight is 904 g/mol. The van der Waals surface area contributed by atoms with Crippen LogP contribution in [-0.2, 0) is 9.53 Å². The summed E-state index contributed by atoms with van der Waals surface area (Å²) >= 11 is 0. The number of carbonyl (C=O) groups excluding carboxylic acids is 1. The van der Waals surface area contributed by atoms with Crippen LogP contribution in [0.2, 0.25) is 0 Å². The molecule has 0 radical (unpaired) electrons. The van der Waals surface area contributed by atoms with Crippen molar-refractivity contribution in [1.29, 1.82) is 0 Å². The molecule has 55 heavy (non-hydrogen) atoms. The maximum absolute atomic E-state index is 15.1. The number of hydrogen-bond acceptors (Lipinski definition) is 2. The van der Waals surface area contributed by atoms with E-state index in [9.17, 15) is 145 Å². The van der Waals surface area contributed by atoms with Crippen molar-refractivity contribution in [2.45, 2.75) is 102 Å². The maximum atomic E-state index is 15.1. The van der Waals surface area contributed by atoms with E-state index >= 15 is 4.39 Å². The molecule has 0 saturated heterocycles. The molecule has 0 aromatic heterocycles. The van der Waals surface area contributed by atoms with Gasteiger partial charge in [0, 0.05) is 5.57 Å². The van der Waals surface area contributed by atoms with E-state index in [0.717, 1.165) is 0 Å². The predicted octanol–water partition coefficient (Wildman–Crippen LogP) is 11.2. The van der Waals surface area contributed by atoms with Crippen LogP contribution in [0, 0.1) is 0 Å². The SMILES string of the molecule is C=C(C)C(=O)OC(F)(C(F)(F)C(F)(F)C(F)(F)C(F)(F)C(F)(F)C(F)(F)C(F)(F)C(F)(F)C(F)(F)C(F)(F)C(F)(F)F)C(F)(F)C(F)(C(F)(F)F)C(F)(F)F. The van der Waals surface area contributed by atoms with Gasteiger partial charge in [-0.3, -0.25) is 0 Å². The predicted molar refractivity (Wildman–Crippen MR) is 101 cm³/mol. The molecule has 0 fully saturated rings. The number of esters is 1. The van der Waals surface area contributed by atoms with Crippen molar-refractivity contribution in [2.75, 3.05) is 0 Å². The van der Waals surface area contributed by atoms with Crippen LogP contribution in [0.5, 0.6) is 0 Å². The monoisotopic (exact) mass is 904 g/mol. The Morgan fingerprint density at radius 3 is 0.709 bits per heavy atom. The highest BCUT2D eigenvalue weighted by atomic mass is 19.4. The van der Waals surface area contributed by atoms with Crippen LogP contribution in [0.3, 0.4) is 0 Å². The van der Waals surface area contributed by atoms with Crippen molar-refractivity contribution in [3.8, 4) is 0 Å². The molecule has 0 rings (SSSR count). The molecule has 0 aromatic rings. The molecule has 0 aliphatic carbocycles. The third-order valence-corrected chi connectivity index (χ3v) is 6.51. The van der Waals surface area contributed by atoms with Gasteiger partial charge in [-0.05, 0) is 6.92 Å². The first-order valence-corrected chi connectivity index (χ1v) is 11.7. The lowest BCUT2D eigenvalue weighted by atomic mass is 9.80. The van der Waals surface area contributed by atoms with Gasteiger partial charge in [0.1, 0.15) is 0 Å². The van der Waals surface area contributed by atoms with Gasteiger partial charge in [0.15, 0.2) is 0 Å². The molecule has 0 aromatic carbocycles. The molecular weight excluding hydrogens is 899 g/mol. The Bertz CT molecular complexity index is 1440. The van der Waals surface area contributed by atoms with Crippen LogP contribution in [-0.4, -0.2) is 101 Å². The van der Waals surface area contributed by atoms with Crippen molar-refractivity contribution in [2.24, 2.45) is 0 Å². The zero-order chi connectivity index (χ0) is 45.9. The number of halogens is 33. The summed E-state index contributed by atoms with van der Waals surface area (Å²) in [6.45, 7) is 1.61. The zero-order valence-electron chi connectivity index (χ0n) is 24.0. The van der Waals surface area contributed by atoms with E-state index in [1.165, 1.54) is 0 Å². The van der Waals surface area contributed by atoms with Gasteiger partial charge in [0.2, 0.25) is 0 Å². The minimum Gasteiger partial charge on any atom is -0.413 e. The number of hydrogen-bond donors (Lipinski definition) is 0. The summed E-state index contributed by atoms with van der Waals surface area (Å²) in [6.07, 6.45) is -26.1. The van der Waals surface area contributed by atoms with Crippen molar-refractivity contribution < 1.29 is 154 Å². The van der Waals surface area contributed by atoms with Crippen molar-refractivity contribution in [3.05, 3.63) is 12.2 Å². The lowest BCUT2D eigenvalue weighted by molar-refractivity contribution is -0.500. The minimum absolute atomic E-state index is 0.344. The van der Waals surface area contributed by atoms with Gasteiger partial charge >= 0.3 is 101 Å². The molecule has 2 nitrogen and oxygen atoms in total. The largest absolute Gasteiger partial charge is 0.460 e. The Morgan fingerprint density at radius 2 is 0.527 bits per heavy atom. The Labute approximate surface area is 276 Å². The highest BCUT2D eigenvalue weighted by Crippen LogP contribution is 2.70. The molecule has 0 saturated carbocycles. The van der Waals surface area contributed by atoms with Gasteiger partial charge in [-0.1, -0.05) is 6.58 Å². The summed E-state index contributed by atoms with van der Waals surface area (Å²) < 4.78 is 450. The standard InChI is InChI=1S/C20H5F33O2/c1-3(2)4(54)55-17(44,6(22,23)5(21,18(45,46)47)19(48,49)50)15(40,41)13(36,37)11(32,33)9(28,29)7(24,25)8(26,27)10(30,31)12(34,35)14(38,39)16(42,43)20(51,52)53/h1H2,2H3. The molecule has 0 amide bonds. The van der Waals surface area contributed by atoms with Gasteiger partial charge in [-0.15, -0.1) is 0 Å². The second-order valence-corrected chi connectivity index (χ2v) is 10.2. The summed E-state index contributed by atoms with van der Waals surface area (Å²) in [5.74, 6) is -122. The van der Waals surface area contributed by atoms with Crippen molar-refractivity contribution >= 4 is 5.97 Å².